The van der Waals surface area contributed by atoms with E-state index >= 15 is 0 Å². The average Bonchev–Trinajstić information content (AvgIpc) is 2.93. The number of fused-ring (bicyclic) bond motifs is 1. The van der Waals surface area contributed by atoms with E-state index in [0.717, 1.165) is 4.90 Å². The molecule has 3 aromatic rings. The number of benzene rings is 3. The van der Waals surface area contributed by atoms with E-state index < -0.39 is 10.8 Å². The van der Waals surface area contributed by atoms with Gasteiger partial charge in [-0.2, -0.15) is 0 Å². The highest BCUT2D eigenvalue weighted by Gasteiger charge is 2.36. The van der Waals surface area contributed by atoms with Crippen molar-refractivity contribution in [1.29, 1.82) is 0 Å². The van der Waals surface area contributed by atoms with Crippen LogP contribution in [0.1, 0.15) is 20.7 Å². The molecule has 27 heavy (non-hydrogen) atoms. The van der Waals surface area contributed by atoms with Crippen LogP contribution in [0.5, 0.6) is 11.5 Å². The van der Waals surface area contributed by atoms with Crippen LogP contribution in [-0.4, -0.2) is 16.7 Å². The first-order valence-corrected chi connectivity index (χ1v) is 8.05. The van der Waals surface area contributed by atoms with Crippen LogP contribution in [0, 0.1) is 10.1 Å². The van der Waals surface area contributed by atoms with Crippen molar-refractivity contribution in [2.24, 2.45) is 0 Å². The highest BCUT2D eigenvalue weighted by atomic mass is 16.6. The zero-order valence-corrected chi connectivity index (χ0v) is 13.9. The van der Waals surface area contributed by atoms with E-state index in [1.54, 1.807) is 42.5 Å². The van der Waals surface area contributed by atoms with Gasteiger partial charge in [-0.15, -0.1) is 0 Å². The van der Waals surface area contributed by atoms with Gasteiger partial charge in [0.05, 0.1) is 21.7 Å². The second kappa shape index (κ2) is 6.38. The lowest BCUT2D eigenvalue weighted by atomic mass is 10.1. The van der Waals surface area contributed by atoms with Crippen molar-refractivity contribution in [2.45, 2.75) is 0 Å². The molecule has 0 fully saturated rings. The maximum atomic E-state index is 12.7. The number of hydrogen-bond acceptors (Lipinski definition) is 5. The van der Waals surface area contributed by atoms with Gasteiger partial charge in [-0.05, 0) is 42.5 Å². The maximum Gasteiger partial charge on any atom is 0.269 e. The molecule has 1 aliphatic heterocycles. The molecule has 0 spiro atoms. The van der Waals surface area contributed by atoms with Gasteiger partial charge in [0.2, 0.25) is 0 Å². The van der Waals surface area contributed by atoms with Gasteiger partial charge in [0.1, 0.15) is 11.5 Å². The molecule has 1 aliphatic rings. The summed E-state index contributed by atoms with van der Waals surface area (Å²) in [6.07, 6.45) is 0. The summed E-state index contributed by atoms with van der Waals surface area (Å²) in [5.41, 5.74) is 1.01. The second-order valence-electron chi connectivity index (χ2n) is 5.84. The molecule has 0 atom stereocenters. The zero-order valence-electron chi connectivity index (χ0n) is 13.9. The molecule has 7 heteroatoms. The van der Waals surface area contributed by atoms with Crippen molar-refractivity contribution >= 4 is 23.2 Å². The lowest BCUT2D eigenvalue weighted by Crippen LogP contribution is -2.29. The number of ether oxygens (including phenoxy) is 1. The van der Waals surface area contributed by atoms with Crippen molar-refractivity contribution in [3.05, 3.63) is 94.0 Å². The monoisotopic (exact) mass is 360 g/mol. The number of hydrogen-bond donors (Lipinski definition) is 0. The molecule has 0 saturated carbocycles. The Hall–Kier alpha value is -4.00. The zero-order chi connectivity index (χ0) is 19.0. The first kappa shape index (κ1) is 16.5. The first-order valence-electron chi connectivity index (χ1n) is 8.05. The number of imide groups is 1. The fourth-order valence-corrected chi connectivity index (χ4v) is 2.87. The summed E-state index contributed by atoms with van der Waals surface area (Å²) in [7, 11) is 0. The number of nitro groups is 1. The Kier molecular flexibility index (Phi) is 3.89. The van der Waals surface area contributed by atoms with Crippen LogP contribution in [0.4, 0.5) is 11.4 Å². The van der Waals surface area contributed by atoms with E-state index in [9.17, 15) is 19.7 Å². The van der Waals surface area contributed by atoms with E-state index in [-0.39, 0.29) is 17.2 Å². The number of non-ortho nitro benzene ring substituents is 1. The van der Waals surface area contributed by atoms with Crippen LogP contribution in [0.2, 0.25) is 0 Å². The highest BCUT2D eigenvalue weighted by molar-refractivity contribution is 6.34. The number of para-hydroxylation sites is 1. The summed E-state index contributed by atoms with van der Waals surface area (Å²) < 4.78 is 5.66. The number of rotatable bonds is 4. The number of nitro benzene ring substituents is 1. The Bertz CT molecular complexity index is 1060. The summed E-state index contributed by atoms with van der Waals surface area (Å²) in [4.78, 5) is 36.6. The summed E-state index contributed by atoms with van der Waals surface area (Å²) in [5, 5.41) is 10.7. The van der Waals surface area contributed by atoms with Crippen molar-refractivity contribution in [1.82, 2.24) is 0 Å². The van der Waals surface area contributed by atoms with Gasteiger partial charge in [-0.25, -0.2) is 4.90 Å². The van der Waals surface area contributed by atoms with Gasteiger partial charge in [0, 0.05) is 12.1 Å². The molecular formula is C20H12N2O5. The third-order valence-electron chi connectivity index (χ3n) is 4.16. The minimum atomic E-state index is -0.498. The number of nitrogens with zero attached hydrogens (tertiary/aromatic N) is 2. The topological polar surface area (TPSA) is 89.7 Å². The predicted octanol–water partition coefficient (Wildman–Crippen LogP) is 4.19. The van der Waals surface area contributed by atoms with Gasteiger partial charge in [-0.3, -0.25) is 19.7 Å². The Labute approximate surface area is 153 Å². The molecule has 0 aromatic heterocycles. The number of anilines is 1. The third-order valence-corrected chi connectivity index (χ3v) is 4.16. The van der Waals surface area contributed by atoms with E-state index in [4.69, 9.17) is 4.74 Å². The summed E-state index contributed by atoms with van der Waals surface area (Å²) in [6.45, 7) is 0. The average molecular weight is 360 g/mol. The minimum Gasteiger partial charge on any atom is -0.457 e. The molecule has 132 valence electrons. The summed E-state index contributed by atoms with van der Waals surface area (Å²) in [5.74, 6) is -0.0608. The van der Waals surface area contributed by atoms with Gasteiger partial charge in [0.25, 0.3) is 17.5 Å². The molecule has 0 N–H and O–H groups in total. The normalized spacial score (nSPS) is 12.8. The van der Waals surface area contributed by atoms with Crippen molar-refractivity contribution in [2.75, 3.05) is 4.90 Å². The molecule has 2 amide bonds. The Morgan fingerprint density at radius 3 is 2.07 bits per heavy atom. The smallest absolute Gasteiger partial charge is 0.269 e. The standard InChI is InChI=1S/C20H12N2O5/c23-19-17-11-10-16(27-15-8-6-14(7-9-15)22(25)26)12-18(17)20(24)21(19)13-4-2-1-3-5-13/h1-12H. The molecule has 0 unspecified atom stereocenters. The molecule has 7 nitrogen and oxygen atoms in total. The lowest BCUT2D eigenvalue weighted by molar-refractivity contribution is -0.384. The Morgan fingerprint density at radius 1 is 0.778 bits per heavy atom. The molecule has 0 saturated heterocycles. The number of carbonyl (C=O) groups excluding carboxylic acids is 2. The fraction of sp³-hybridized carbons (Fsp3) is 0. The SMILES string of the molecule is O=C1c2ccc(Oc3ccc([N+](=O)[O-])cc3)cc2C(=O)N1c1ccccc1. The molecular weight excluding hydrogens is 348 g/mol. The van der Waals surface area contributed by atoms with E-state index in [0.29, 0.717) is 22.7 Å². The molecule has 1 heterocycles. The number of carbonyl (C=O) groups is 2. The fourth-order valence-electron chi connectivity index (χ4n) is 2.87. The largest absolute Gasteiger partial charge is 0.457 e. The van der Waals surface area contributed by atoms with E-state index in [2.05, 4.69) is 0 Å². The quantitative estimate of drug-likeness (QED) is 0.395. The van der Waals surface area contributed by atoms with Crippen LogP contribution in [-0.2, 0) is 0 Å². The van der Waals surface area contributed by atoms with E-state index in [1.165, 1.54) is 30.3 Å². The first-order chi connectivity index (χ1) is 13.0. The second-order valence-corrected chi connectivity index (χ2v) is 5.84. The number of amides is 2. The van der Waals surface area contributed by atoms with Gasteiger partial charge in [-0.1, -0.05) is 18.2 Å². The van der Waals surface area contributed by atoms with Crippen molar-refractivity contribution in [3.63, 3.8) is 0 Å². The predicted molar refractivity (Wildman–Crippen MR) is 97.2 cm³/mol. The Balaban J connectivity index is 1.62. The van der Waals surface area contributed by atoms with Gasteiger partial charge >= 0.3 is 0 Å². The lowest BCUT2D eigenvalue weighted by Gasteiger charge is -2.13. The van der Waals surface area contributed by atoms with Crippen molar-refractivity contribution < 1.29 is 19.2 Å². The Morgan fingerprint density at radius 2 is 1.41 bits per heavy atom. The molecule has 0 bridgehead atoms. The van der Waals surface area contributed by atoms with Crippen LogP contribution < -0.4 is 9.64 Å². The van der Waals surface area contributed by atoms with Crippen LogP contribution >= 0.6 is 0 Å². The van der Waals surface area contributed by atoms with Gasteiger partial charge < -0.3 is 4.74 Å². The van der Waals surface area contributed by atoms with Crippen LogP contribution in [0.15, 0.2) is 72.8 Å². The molecule has 3 aromatic carbocycles. The van der Waals surface area contributed by atoms with Crippen molar-refractivity contribution in [3.8, 4) is 11.5 Å². The molecule has 0 aliphatic carbocycles. The molecule has 4 rings (SSSR count). The van der Waals surface area contributed by atoms with Gasteiger partial charge in [0.15, 0.2) is 0 Å². The minimum absolute atomic E-state index is 0.0458. The highest BCUT2D eigenvalue weighted by Crippen LogP contribution is 2.32. The molecule has 0 radical (unpaired) electrons. The van der Waals surface area contributed by atoms with Crippen LogP contribution in [0.3, 0.4) is 0 Å². The maximum absolute atomic E-state index is 12.7. The summed E-state index contributed by atoms with van der Waals surface area (Å²) in [6, 6.07) is 18.9. The van der Waals surface area contributed by atoms with E-state index in [1.807, 2.05) is 0 Å². The van der Waals surface area contributed by atoms with Crippen LogP contribution in [0.25, 0.3) is 0 Å². The summed E-state index contributed by atoms with van der Waals surface area (Å²) >= 11 is 0. The third kappa shape index (κ3) is 2.91.